The van der Waals surface area contributed by atoms with Gasteiger partial charge in [-0.05, 0) is 104 Å². The van der Waals surface area contributed by atoms with Crippen LogP contribution in [-0.4, -0.2) is 43.6 Å². The zero-order valence-corrected chi connectivity index (χ0v) is 20.1. The molecule has 1 amide bonds. The maximum atomic E-state index is 12.3. The van der Waals surface area contributed by atoms with Gasteiger partial charge in [-0.15, -0.1) is 0 Å². The molecule has 0 bridgehead atoms. The predicted octanol–water partition coefficient (Wildman–Crippen LogP) is 4.75. The van der Waals surface area contributed by atoms with Gasteiger partial charge in [0.05, 0.1) is 18.7 Å². The van der Waals surface area contributed by atoms with Crippen molar-refractivity contribution in [3.8, 4) is 11.8 Å². The van der Waals surface area contributed by atoms with Gasteiger partial charge in [-0.1, -0.05) is 18.2 Å². The lowest BCUT2D eigenvalue weighted by molar-refractivity contribution is -0.117. The third-order valence-corrected chi connectivity index (χ3v) is 7.32. The van der Waals surface area contributed by atoms with Gasteiger partial charge in [0.2, 0.25) is 5.91 Å². The van der Waals surface area contributed by atoms with Crippen LogP contribution in [0.5, 0.6) is 5.75 Å². The number of methoxy groups -OCH3 is 1. The zero-order valence-electron chi connectivity index (χ0n) is 20.1. The first-order valence-electron chi connectivity index (χ1n) is 12.5. The third kappa shape index (κ3) is 6.71. The summed E-state index contributed by atoms with van der Waals surface area (Å²) in [5, 5.41) is 12.3. The molecule has 2 aromatic rings. The number of rotatable bonds is 7. The SMILES string of the molecule is COc1ccc(/C=C/C(=O)NC2CCC(CCN3CCc4ccc(C#N)cc4CC3)CC2)cc1. The van der Waals surface area contributed by atoms with Gasteiger partial charge in [0.15, 0.2) is 0 Å². The summed E-state index contributed by atoms with van der Waals surface area (Å²) in [6.45, 7) is 3.32. The minimum absolute atomic E-state index is 0.0112. The first kappa shape index (κ1) is 24.0. The minimum atomic E-state index is -0.0112. The van der Waals surface area contributed by atoms with Gasteiger partial charge in [0.1, 0.15) is 5.75 Å². The van der Waals surface area contributed by atoms with E-state index in [9.17, 15) is 4.79 Å². The van der Waals surface area contributed by atoms with E-state index in [4.69, 9.17) is 10.00 Å². The van der Waals surface area contributed by atoms with Gasteiger partial charge in [0.25, 0.3) is 0 Å². The molecule has 0 spiro atoms. The Kier molecular flexibility index (Phi) is 8.38. The van der Waals surface area contributed by atoms with Crippen molar-refractivity contribution in [1.29, 1.82) is 5.26 Å². The van der Waals surface area contributed by atoms with E-state index in [1.54, 1.807) is 13.2 Å². The summed E-state index contributed by atoms with van der Waals surface area (Å²) >= 11 is 0. The number of hydrogen-bond donors (Lipinski definition) is 1. The topological polar surface area (TPSA) is 65.4 Å². The van der Waals surface area contributed by atoms with Gasteiger partial charge in [0, 0.05) is 25.2 Å². The highest BCUT2D eigenvalue weighted by Gasteiger charge is 2.23. The number of carbonyl (C=O) groups is 1. The standard InChI is InChI=1S/C29H35N3O2/c1-34-28-11-5-22(6-12-28)7-13-29(33)31-27-9-3-23(4-10-27)14-17-32-18-15-25-8-2-24(21-30)20-26(25)16-19-32/h2,5-8,11-13,20,23,27H,3-4,9-10,14-19H2,1H3,(H,31,33)/b13-7+. The van der Waals surface area contributed by atoms with E-state index < -0.39 is 0 Å². The molecule has 1 fully saturated rings. The molecule has 0 radical (unpaired) electrons. The monoisotopic (exact) mass is 457 g/mol. The number of nitriles is 1. The smallest absolute Gasteiger partial charge is 0.244 e. The van der Waals surface area contributed by atoms with Crippen LogP contribution in [0.2, 0.25) is 0 Å². The Bertz CT molecular complexity index is 1030. The van der Waals surface area contributed by atoms with Crippen molar-refractivity contribution in [3.63, 3.8) is 0 Å². The summed E-state index contributed by atoms with van der Waals surface area (Å²) in [6.07, 6.45) is 11.3. The van der Waals surface area contributed by atoms with Crippen LogP contribution >= 0.6 is 0 Å². The summed E-state index contributed by atoms with van der Waals surface area (Å²) in [7, 11) is 1.65. The molecule has 2 aliphatic rings. The summed E-state index contributed by atoms with van der Waals surface area (Å²) in [6, 6.07) is 16.4. The predicted molar refractivity (Wildman–Crippen MR) is 136 cm³/mol. The van der Waals surface area contributed by atoms with Crippen LogP contribution in [0.4, 0.5) is 0 Å². The number of nitrogens with zero attached hydrogens (tertiary/aromatic N) is 2. The van der Waals surface area contributed by atoms with Crippen LogP contribution in [0.1, 0.15) is 54.4 Å². The fourth-order valence-electron chi connectivity index (χ4n) is 5.16. The van der Waals surface area contributed by atoms with Gasteiger partial charge in [-0.2, -0.15) is 5.26 Å². The zero-order chi connectivity index (χ0) is 23.8. The van der Waals surface area contributed by atoms with Crippen LogP contribution in [0.15, 0.2) is 48.5 Å². The lowest BCUT2D eigenvalue weighted by Crippen LogP contribution is -2.37. The van der Waals surface area contributed by atoms with Crippen molar-refractivity contribution in [2.45, 2.75) is 51.0 Å². The molecule has 1 saturated carbocycles. The molecule has 0 saturated heterocycles. The molecule has 0 aromatic heterocycles. The van der Waals surface area contributed by atoms with Gasteiger partial charge in [-0.25, -0.2) is 0 Å². The van der Waals surface area contributed by atoms with Gasteiger partial charge < -0.3 is 15.0 Å². The average molecular weight is 458 g/mol. The summed E-state index contributed by atoms with van der Waals surface area (Å²) in [4.78, 5) is 14.9. The summed E-state index contributed by atoms with van der Waals surface area (Å²) in [5.41, 5.74) is 4.51. The number of amides is 1. The first-order chi connectivity index (χ1) is 16.6. The summed E-state index contributed by atoms with van der Waals surface area (Å²) < 4.78 is 5.17. The normalized spacial score (nSPS) is 20.8. The van der Waals surface area contributed by atoms with E-state index >= 15 is 0 Å². The maximum Gasteiger partial charge on any atom is 0.244 e. The minimum Gasteiger partial charge on any atom is -0.497 e. The Hall–Kier alpha value is -3.10. The molecule has 5 heteroatoms. The third-order valence-electron chi connectivity index (χ3n) is 7.32. The molecule has 0 atom stereocenters. The second-order valence-electron chi connectivity index (χ2n) is 9.56. The molecule has 1 heterocycles. The molecule has 1 aliphatic heterocycles. The van der Waals surface area contributed by atoms with Crippen LogP contribution in [0.25, 0.3) is 6.08 Å². The largest absolute Gasteiger partial charge is 0.497 e. The number of benzene rings is 2. The fraction of sp³-hybridized carbons (Fsp3) is 0.448. The van der Waals surface area contributed by atoms with Crippen molar-refractivity contribution in [1.82, 2.24) is 10.2 Å². The average Bonchev–Trinajstić information content (AvgIpc) is 3.09. The molecule has 2 aromatic carbocycles. The molecule has 0 unspecified atom stereocenters. The molecule has 5 nitrogen and oxygen atoms in total. The van der Waals surface area contributed by atoms with Gasteiger partial charge >= 0.3 is 0 Å². The molecule has 1 N–H and O–H groups in total. The first-order valence-corrected chi connectivity index (χ1v) is 12.5. The molecule has 1 aliphatic carbocycles. The van der Waals surface area contributed by atoms with Gasteiger partial charge in [-0.3, -0.25) is 4.79 Å². The number of hydrogen-bond acceptors (Lipinski definition) is 4. The highest BCUT2D eigenvalue weighted by molar-refractivity contribution is 5.91. The molecule has 4 rings (SSSR count). The Morgan fingerprint density at radius 2 is 1.82 bits per heavy atom. The number of fused-ring (bicyclic) bond motifs is 1. The quantitative estimate of drug-likeness (QED) is 0.610. The van der Waals surface area contributed by atoms with Crippen molar-refractivity contribution >= 4 is 12.0 Å². The Labute approximate surface area is 203 Å². The van der Waals surface area contributed by atoms with E-state index in [1.165, 1.54) is 30.4 Å². The number of nitrogens with one attached hydrogen (secondary N) is 1. The van der Waals surface area contributed by atoms with E-state index in [-0.39, 0.29) is 11.9 Å². The maximum absolute atomic E-state index is 12.3. The Morgan fingerprint density at radius 1 is 1.09 bits per heavy atom. The van der Waals surface area contributed by atoms with E-state index in [2.05, 4.69) is 28.4 Å². The van der Waals surface area contributed by atoms with Crippen LogP contribution in [-0.2, 0) is 17.6 Å². The van der Waals surface area contributed by atoms with Crippen molar-refractivity contribution < 1.29 is 9.53 Å². The Balaban J connectivity index is 1.15. The lowest BCUT2D eigenvalue weighted by Gasteiger charge is -2.30. The van der Waals surface area contributed by atoms with E-state index in [1.807, 2.05) is 36.4 Å². The van der Waals surface area contributed by atoms with Crippen LogP contribution in [0.3, 0.4) is 0 Å². The molecular weight excluding hydrogens is 422 g/mol. The highest BCUT2D eigenvalue weighted by Crippen LogP contribution is 2.28. The molecule has 178 valence electrons. The second kappa shape index (κ2) is 11.9. The van der Waals surface area contributed by atoms with E-state index in [0.717, 1.165) is 68.1 Å². The van der Waals surface area contributed by atoms with Crippen molar-refractivity contribution in [3.05, 3.63) is 70.8 Å². The van der Waals surface area contributed by atoms with E-state index in [0.29, 0.717) is 0 Å². The van der Waals surface area contributed by atoms with Crippen LogP contribution < -0.4 is 10.1 Å². The highest BCUT2D eigenvalue weighted by atomic mass is 16.5. The Morgan fingerprint density at radius 3 is 2.53 bits per heavy atom. The summed E-state index contributed by atoms with van der Waals surface area (Å²) in [5.74, 6) is 1.55. The van der Waals surface area contributed by atoms with Crippen molar-refractivity contribution in [2.24, 2.45) is 5.92 Å². The fourth-order valence-corrected chi connectivity index (χ4v) is 5.16. The number of carbonyl (C=O) groups excluding carboxylic acids is 1. The number of ether oxygens (including phenoxy) is 1. The molecular formula is C29H35N3O2. The lowest BCUT2D eigenvalue weighted by atomic mass is 9.84. The molecule has 34 heavy (non-hydrogen) atoms. The second-order valence-corrected chi connectivity index (χ2v) is 9.56. The van der Waals surface area contributed by atoms with Crippen molar-refractivity contribution in [2.75, 3.05) is 26.7 Å². The van der Waals surface area contributed by atoms with Crippen LogP contribution in [0, 0.1) is 17.2 Å².